The molecule has 0 aliphatic carbocycles. The minimum atomic E-state index is -1.04. The Bertz CT molecular complexity index is 524. The predicted molar refractivity (Wildman–Crippen MR) is 73.5 cm³/mol. The Labute approximate surface area is 121 Å². The number of rotatable bonds is 5. The second-order valence-electron chi connectivity index (χ2n) is 4.58. The fourth-order valence-electron chi connectivity index (χ4n) is 1.86. The van der Waals surface area contributed by atoms with E-state index in [1.165, 1.54) is 0 Å². The minimum absolute atomic E-state index is 0.241. The summed E-state index contributed by atoms with van der Waals surface area (Å²) in [7, 11) is 0. The van der Waals surface area contributed by atoms with Crippen molar-refractivity contribution in [3.8, 4) is 5.75 Å². The van der Waals surface area contributed by atoms with Gasteiger partial charge in [0.25, 0.3) is 5.91 Å². The molecule has 1 aromatic rings. The fraction of sp³-hybridized carbons (Fsp3) is 0.429. The molecule has 1 aromatic carbocycles. The second-order valence-corrected chi connectivity index (χ2v) is 4.58. The molecule has 0 spiro atoms. The van der Waals surface area contributed by atoms with Crippen LogP contribution < -0.4 is 10.1 Å². The van der Waals surface area contributed by atoms with Crippen molar-refractivity contribution in [2.75, 3.05) is 31.7 Å². The third-order valence-electron chi connectivity index (χ3n) is 2.93. The molecular formula is C14H17NO6. The van der Waals surface area contributed by atoms with Crippen molar-refractivity contribution in [1.29, 1.82) is 0 Å². The first-order valence-electron chi connectivity index (χ1n) is 6.51. The number of amides is 1. The maximum Gasteiger partial charge on any atom is 0.341 e. The molecule has 0 bridgehead atoms. The molecule has 1 unspecified atom stereocenters. The number of benzene rings is 1. The van der Waals surface area contributed by atoms with Crippen molar-refractivity contribution in [2.24, 2.45) is 0 Å². The number of hydrogen-bond acceptors (Lipinski definition) is 5. The largest absolute Gasteiger partial charge is 0.482 e. The predicted octanol–water partition coefficient (Wildman–Crippen LogP) is 0.812. The summed E-state index contributed by atoms with van der Waals surface area (Å²) in [5.74, 6) is -0.873. The lowest BCUT2D eigenvalue weighted by Gasteiger charge is -2.22. The lowest BCUT2D eigenvalue weighted by molar-refractivity contribution is -0.142. The molecule has 0 saturated carbocycles. The van der Waals surface area contributed by atoms with Crippen molar-refractivity contribution >= 4 is 17.6 Å². The van der Waals surface area contributed by atoms with Crippen LogP contribution >= 0.6 is 0 Å². The highest BCUT2D eigenvalue weighted by molar-refractivity contribution is 5.95. The van der Waals surface area contributed by atoms with Gasteiger partial charge in [0.15, 0.2) is 12.7 Å². The van der Waals surface area contributed by atoms with E-state index in [9.17, 15) is 9.59 Å². The Hall–Kier alpha value is -2.12. The molecule has 21 heavy (non-hydrogen) atoms. The fourth-order valence-corrected chi connectivity index (χ4v) is 1.86. The maximum absolute atomic E-state index is 12.0. The molecule has 1 aliphatic heterocycles. The Morgan fingerprint density at radius 1 is 1.43 bits per heavy atom. The topological polar surface area (TPSA) is 94.1 Å². The highest BCUT2D eigenvalue weighted by atomic mass is 16.6. The number of anilines is 1. The molecule has 114 valence electrons. The van der Waals surface area contributed by atoms with Crippen LogP contribution in [0.15, 0.2) is 18.2 Å². The molecule has 1 heterocycles. The molecular weight excluding hydrogens is 278 g/mol. The van der Waals surface area contributed by atoms with E-state index in [1.54, 1.807) is 25.1 Å². The lowest BCUT2D eigenvalue weighted by Crippen LogP contribution is -2.39. The van der Waals surface area contributed by atoms with E-state index in [-0.39, 0.29) is 12.5 Å². The van der Waals surface area contributed by atoms with E-state index in [2.05, 4.69) is 5.32 Å². The van der Waals surface area contributed by atoms with Gasteiger partial charge in [-0.3, -0.25) is 4.79 Å². The summed E-state index contributed by atoms with van der Waals surface area (Å²) < 4.78 is 15.6. The summed E-state index contributed by atoms with van der Waals surface area (Å²) in [6.07, 6.45) is -0.610. The Balaban J connectivity index is 1.96. The number of aliphatic carboxylic acids is 1. The van der Waals surface area contributed by atoms with Crippen LogP contribution in [0.2, 0.25) is 0 Å². The first-order chi connectivity index (χ1) is 10.1. The number of carbonyl (C=O) groups excluding carboxylic acids is 1. The second kappa shape index (κ2) is 7.05. The van der Waals surface area contributed by atoms with E-state index in [1.807, 2.05) is 0 Å². The normalized spacial score (nSPS) is 18.0. The van der Waals surface area contributed by atoms with Gasteiger partial charge in [0.1, 0.15) is 5.75 Å². The summed E-state index contributed by atoms with van der Waals surface area (Å²) >= 11 is 0. The van der Waals surface area contributed by atoms with Crippen molar-refractivity contribution in [3.63, 3.8) is 0 Å². The smallest absolute Gasteiger partial charge is 0.341 e. The van der Waals surface area contributed by atoms with Crippen LogP contribution in [0.3, 0.4) is 0 Å². The van der Waals surface area contributed by atoms with Crippen LogP contribution in [0.5, 0.6) is 5.75 Å². The van der Waals surface area contributed by atoms with E-state index in [4.69, 9.17) is 19.3 Å². The standard InChI is InChI=1S/C14H17NO6/c1-9-6-10(21-8-13(16)17)2-3-11(9)15-14(18)12-7-19-4-5-20-12/h2-3,6,12H,4-5,7-8H2,1H3,(H,15,18)(H,16,17). The third-order valence-corrected chi connectivity index (χ3v) is 2.93. The van der Waals surface area contributed by atoms with Gasteiger partial charge in [0.2, 0.25) is 0 Å². The first-order valence-corrected chi connectivity index (χ1v) is 6.51. The summed E-state index contributed by atoms with van der Waals surface area (Å²) in [6.45, 7) is 2.53. The summed E-state index contributed by atoms with van der Waals surface area (Å²) in [5.41, 5.74) is 1.39. The molecule has 1 fully saturated rings. The number of carboxylic acid groups (broad SMARTS) is 1. The first kappa shape index (κ1) is 15.3. The van der Waals surface area contributed by atoms with Gasteiger partial charge in [-0.1, -0.05) is 0 Å². The molecule has 1 saturated heterocycles. The average molecular weight is 295 g/mol. The van der Waals surface area contributed by atoms with Crippen LogP contribution in [0, 0.1) is 6.92 Å². The van der Waals surface area contributed by atoms with Crippen LogP contribution in [-0.2, 0) is 19.1 Å². The van der Waals surface area contributed by atoms with Crippen LogP contribution in [0.4, 0.5) is 5.69 Å². The number of hydrogen-bond donors (Lipinski definition) is 2. The van der Waals surface area contributed by atoms with Gasteiger partial charge in [-0.15, -0.1) is 0 Å². The number of aryl methyl sites for hydroxylation is 1. The van der Waals surface area contributed by atoms with Crippen molar-refractivity contribution in [3.05, 3.63) is 23.8 Å². The zero-order valence-electron chi connectivity index (χ0n) is 11.6. The quantitative estimate of drug-likeness (QED) is 0.835. The highest BCUT2D eigenvalue weighted by Crippen LogP contribution is 2.22. The van der Waals surface area contributed by atoms with Crippen molar-refractivity contribution in [2.45, 2.75) is 13.0 Å². The molecule has 1 amide bonds. The molecule has 2 rings (SSSR count). The number of ether oxygens (including phenoxy) is 3. The van der Waals surface area contributed by atoms with Gasteiger partial charge in [-0.2, -0.15) is 0 Å². The average Bonchev–Trinajstić information content (AvgIpc) is 2.48. The van der Waals surface area contributed by atoms with E-state index < -0.39 is 18.7 Å². The van der Waals surface area contributed by atoms with Crippen LogP contribution in [0.25, 0.3) is 0 Å². The Morgan fingerprint density at radius 3 is 2.86 bits per heavy atom. The Kier molecular flexibility index (Phi) is 5.13. The summed E-state index contributed by atoms with van der Waals surface area (Å²) in [6, 6.07) is 4.93. The zero-order chi connectivity index (χ0) is 15.2. The highest BCUT2D eigenvalue weighted by Gasteiger charge is 2.23. The van der Waals surface area contributed by atoms with Gasteiger partial charge >= 0.3 is 5.97 Å². The van der Waals surface area contributed by atoms with E-state index in [0.717, 1.165) is 5.56 Å². The SMILES string of the molecule is Cc1cc(OCC(=O)O)ccc1NC(=O)C1COCCO1. The molecule has 1 aliphatic rings. The third kappa shape index (κ3) is 4.44. The van der Waals surface area contributed by atoms with Crippen LogP contribution in [-0.4, -0.2) is 49.5 Å². The molecule has 7 heteroatoms. The number of carbonyl (C=O) groups is 2. The van der Waals surface area contributed by atoms with Gasteiger partial charge < -0.3 is 24.6 Å². The van der Waals surface area contributed by atoms with Crippen molar-refractivity contribution in [1.82, 2.24) is 0 Å². The summed E-state index contributed by atoms with van der Waals surface area (Å²) in [5, 5.41) is 11.3. The lowest BCUT2D eigenvalue weighted by atomic mass is 10.2. The number of nitrogens with one attached hydrogen (secondary N) is 1. The van der Waals surface area contributed by atoms with E-state index >= 15 is 0 Å². The van der Waals surface area contributed by atoms with E-state index in [0.29, 0.717) is 24.7 Å². The monoisotopic (exact) mass is 295 g/mol. The molecule has 1 atom stereocenters. The van der Waals surface area contributed by atoms with Gasteiger partial charge in [0, 0.05) is 5.69 Å². The van der Waals surface area contributed by atoms with Gasteiger partial charge in [0.05, 0.1) is 19.8 Å². The molecule has 0 radical (unpaired) electrons. The minimum Gasteiger partial charge on any atom is -0.482 e. The van der Waals surface area contributed by atoms with Crippen molar-refractivity contribution < 1.29 is 28.9 Å². The molecule has 2 N–H and O–H groups in total. The molecule has 0 aromatic heterocycles. The summed E-state index contributed by atoms with van der Waals surface area (Å²) in [4.78, 5) is 22.4. The zero-order valence-corrected chi connectivity index (χ0v) is 11.6. The van der Waals surface area contributed by atoms with Gasteiger partial charge in [-0.05, 0) is 30.7 Å². The number of carboxylic acids is 1. The molecule has 7 nitrogen and oxygen atoms in total. The van der Waals surface area contributed by atoms with Crippen LogP contribution in [0.1, 0.15) is 5.56 Å². The Morgan fingerprint density at radius 2 is 2.24 bits per heavy atom. The van der Waals surface area contributed by atoms with Gasteiger partial charge in [-0.25, -0.2) is 4.79 Å². The maximum atomic E-state index is 12.0.